The number of nitrogens with one attached hydrogen (secondary N) is 1. The molecule has 0 aliphatic carbocycles. The van der Waals surface area contributed by atoms with Crippen molar-refractivity contribution in [1.29, 1.82) is 0 Å². The lowest BCUT2D eigenvalue weighted by Crippen LogP contribution is -2.51. The lowest BCUT2D eigenvalue weighted by molar-refractivity contribution is -0.122. The molecule has 2 atom stereocenters. The van der Waals surface area contributed by atoms with Crippen LogP contribution in [0.25, 0.3) is 10.9 Å². The third kappa shape index (κ3) is 5.18. The average molecular weight is 584 g/mol. The van der Waals surface area contributed by atoms with Gasteiger partial charge in [0.2, 0.25) is 11.8 Å². The predicted molar refractivity (Wildman–Crippen MR) is 169 cm³/mol. The first-order chi connectivity index (χ1) is 20.4. The van der Waals surface area contributed by atoms with Gasteiger partial charge in [-0.15, -0.1) is 0 Å². The number of carbonyl (C=O) groups is 2. The first-order valence-corrected chi connectivity index (χ1v) is 15.5. The number of aliphatic hydroxyl groups excluding tert-OH is 1. The summed E-state index contributed by atoms with van der Waals surface area (Å²) in [5, 5.41) is 18.9. The monoisotopic (exact) mass is 583 g/mol. The summed E-state index contributed by atoms with van der Waals surface area (Å²) in [5.41, 5.74) is 13.1. The van der Waals surface area contributed by atoms with Crippen LogP contribution in [0.3, 0.4) is 0 Å². The maximum Gasteiger partial charge on any atom is 0.237 e. The van der Waals surface area contributed by atoms with Crippen LogP contribution in [0.15, 0.2) is 77.4 Å². The summed E-state index contributed by atoms with van der Waals surface area (Å²) in [7, 11) is 0. The Balaban J connectivity index is 1.29. The second-order valence-electron chi connectivity index (χ2n) is 11.5. The molecule has 42 heavy (non-hydrogen) atoms. The number of hydrogen-bond donors (Lipinski definition) is 3. The number of thiophene rings is 1. The molecule has 0 saturated carbocycles. The van der Waals surface area contributed by atoms with Gasteiger partial charge in [-0.3, -0.25) is 9.59 Å². The molecule has 1 unspecified atom stereocenters. The molecule has 6 rings (SSSR count). The molecule has 0 spiro atoms. The van der Waals surface area contributed by atoms with Gasteiger partial charge in [0.05, 0.1) is 29.2 Å². The largest absolute Gasteiger partial charge is 0.514 e. The molecule has 2 aliphatic heterocycles. The Morgan fingerprint density at radius 1 is 1.19 bits per heavy atom. The number of nitrogens with two attached hydrogens (primary N) is 1. The lowest BCUT2D eigenvalue weighted by atomic mass is 9.92. The molecule has 2 aromatic carbocycles. The summed E-state index contributed by atoms with van der Waals surface area (Å²) in [6.07, 6.45) is 5.41. The highest BCUT2D eigenvalue weighted by molar-refractivity contribution is 7.07. The Hall–Kier alpha value is -4.08. The van der Waals surface area contributed by atoms with Gasteiger partial charge in [-0.1, -0.05) is 30.3 Å². The number of aliphatic hydroxyl groups is 1. The third-order valence-corrected chi connectivity index (χ3v) is 9.08. The fourth-order valence-electron chi connectivity index (χ4n) is 6.31. The molecule has 218 valence electrons. The Morgan fingerprint density at radius 2 is 2.02 bits per heavy atom. The molecule has 8 nitrogen and oxygen atoms in total. The third-order valence-electron chi connectivity index (χ3n) is 8.35. The zero-order valence-electron chi connectivity index (χ0n) is 24.0. The van der Waals surface area contributed by atoms with E-state index in [-0.39, 0.29) is 17.9 Å². The summed E-state index contributed by atoms with van der Waals surface area (Å²) < 4.78 is 2.21. The van der Waals surface area contributed by atoms with Gasteiger partial charge in [0.25, 0.3) is 0 Å². The number of nitrogens with zero attached hydrogens (tertiary/aromatic N) is 3. The molecule has 0 bridgehead atoms. The van der Waals surface area contributed by atoms with Crippen molar-refractivity contribution in [1.82, 2.24) is 9.88 Å². The van der Waals surface area contributed by atoms with Gasteiger partial charge in [-0.05, 0) is 72.3 Å². The quantitative estimate of drug-likeness (QED) is 0.240. The molecule has 4 heterocycles. The molecule has 4 aromatic rings. The van der Waals surface area contributed by atoms with Crippen molar-refractivity contribution in [3.05, 3.63) is 94.1 Å². The van der Waals surface area contributed by atoms with Crippen LogP contribution in [-0.2, 0) is 29.0 Å². The molecule has 4 N–H and O–H groups in total. The molecular weight excluding hydrogens is 546 g/mol. The van der Waals surface area contributed by atoms with Crippen LogP contribution < -0.4 is 20.9 Å². The Bertz CT molecular complexity index is 1640. The summed E-state index contributed by atoms with van der Waals surface area (Å²) in [6, 6.07) is 15.2. The Labute approximate surface area is 250 Å². The average Bonchev–Trinajstić information content (AvgIpc) is 3.73. The van der Waals surface area contributed by atoms with Gasteiger partial charge >= 0.3 is 0 Å². The molecular formula is C33H37N5O3S. The van der Waals surface area contributed by atoms with Crippen molar-refractivity contribution in [3.63, 3.8) is 0 Å². The number of benzene rings is 2. The van der Waals surface area contributed by atoms with E-state index in [9.17, 15) is 14.7 Å². The molecule has 1 fully saturated rings. The summed E-state index contributed by atoms with van der Waals surface area (Å²) in [5.74, 6) is -0.167. The normalized spacial score (nSPS) is 18.7. The maximum atomic E-state index is 13.6. The summed E-state index contributed by atoms with van der Waals surface area (Å²) >= 11 is 1.61. The zero-order chi connectivity index (χ0) is 29.4. The van der Waals surface area contributed by atoms with Crippen LogP contribution in [0, 0.1) is 0 Å². The van der Waals surface area contributed by atoms with E-state index < -0.39 is 12.1 Å². The van der Waals surface area contributed by atoms with Crippen molar-refractivity contribution in [2.45, 2.75) is 64.2 Å². The van der Waals surface area contributed by atoms with E-state index in [0.717, 1.165) is 51.7 Å². The van der Waals surface area contributed by atoms with Crippen molar-refractivity contribution < 1.29 is 14.7 Å². The van der Waals surface area contributed by atoms with Crippen LogP contribution in [0.4, 0.5) is 11.4 Å². The topological polar surface area (TPSA) is 104 Å². The van der Waals surface area contributed by atoms with Crippen LogP contribution in [0.1, 0.15) is 49.4 Å². The highest BCUT2D eigenvalue weighted by Gasteiger charge is 2.36. The van der Waals surface area contributed by atoms with E-state index in [0.29, 0.717) is 38.0 Å². The highest BCUT2D eigenvalue weighted by Crippen LogP contribution is 2.43. The number of fused-ring (bicyclic) bond motifs is 2. The van der Waals surface area contributed by atoms with Crippen LogP contribution in [-0.4, -0.2) is 40.1 Å². The van der Waals surface area contributed by atoms with Gasteiger partial charge in [0, 0.05) is 49.1 Å². The van der Waals surface area contributed by atoms with Crippen molar-refractivity contribution >= 4 is 45.4 Å². The van der Waals surface area contributed by atoms with Gasteiger partial charge < -0.3 is 30.5 Å². The summed E-state index contributed by atoms with van der Waals surface area (Å²) in [6.45, 7) is 5.44. The zero-order valence-corrected chi connectivity index (χ0v) is 24.8. The van der Waals surface area contributed by atoms with Crippen LogP contribution in [0.5, 0.6) is 0 Å². The smallest absolute Gasteiger partial charge is 0.237 e. The number of amides is 2. The van der Waals surface area contributed by atoms with E-state index >= 15 is 0 Å². The number of aromatic nitrogens is 1. The van der Waals surface area contributed by atoms with E-state index in [4.69, 9.17) is 5.73 Å². The number of hydrogen-bond acceptors (Lipinski definition) is 6. The van der Waals surface area contributed by atoms with E-state index in [1.165, 1.54) is 0 Å². The predicted octanol–water partition coefficient (Wildman–Crippen LogP) is 5.43. The van der Waals surface area contributed by atoms with Gasteiger partial charge in [0.15, 0.2) is 0 Å². The van der Waals surface area contributed by atoms with Crippen molar-refractivity contribution in [2.24, 2.45) is 5.73 Å². The minimum Gasteiger partial charge on any atom is -0.514 e. The van der Waals surface area contributed by atoms with Crippen molar-refractivity contribution in [2.75, 3.05) is 16.3 Å². The standard InChI is InChI=1S/C33H37N5O3S/c1-21(2)37-18-24(25-8-3-4-9-28(25)37)15-26(34)33(41)35-27-16-23-7-5-10-29(36-13-6-11-31(36)40)32(23)38(30(27)19-39)17-22-12-14-42-20-22/h3-5,7-10,12,14,18-21,26-27,39H,6,11,13,15-17,34H2,1-2H3,(H,35,41)/t26-,27?/m1/s1. The first-order valence-electron chi connectivity index (χ1n) is 14.5. The Kier molecular flexibility index (Phi) is 7.79. The number of anilines is 2. The van der Waals surface area contributed by atoms with Gasteiger partial charge in [0.1, 0.15) is 6.26 Å². The fraction of sp³-hybridized carbons (Fsp3) is 0.333. The van der Waals surface area contributed by atoms with Crippen LogP contribution in [0.2, 0.25) is 0 Å². The minimum atomic E-state index is -0.767. The highest BCUT2D eigenvalue weighted by atomic mass is 32.1. The van der Waals surface area contributed by atoms with E-state index in [1.54, 1.807) is 11.3 Å². The molecule has 2 amide bonds. The minimum absolute atomic E-state index is 0.105. The Morgan fingerprint density at radius 3 is 2.74 bits per heavy atom. The molecule has 0 radical (unpaired) electrons. The van der Waals surface area contributed by atoms with Crippen LogP contribution >= 0.6 is 11.3 Å². The van der Waals surface area contributed by atoms with E-state index in [2.05, 4.69) is 53.5 Å². The first kappa shape index (κ1) is 28.1. The van der Waals surface area contributed by atoms with Crippen molar-refractivity contribution in [3.8, 4) is 0 Å². The molecule has 2 aromatic heterocycles. The SMILES string of the molecule is CC(C)n1cc(C[C@@H](N)C(=O)NC2Cc3cccc(N4CCCC4=O)c3N(Cc3ccsc3)C2=CO)c2ccccc21. The number of carbonyl (C=O) groups excluding carboxylic acids is 2. The molecule has 9 heteroatoms. The second kappa shape index (κ2) is 11.7. The molecule has 1 saturated heterocycles. The number of rotatable bonds is 8. The van der Waals surface area contributed by atoms with Gasteiger partial charge in [-0.25, -0.2) is 0 Å². The van der Waals surface area contributed by atoms with Gasteiger partial charge in [-0.2, -0.15) is 11.3 Å². The summed E-state index contributed by atoms with van der Waals surface area (Å²) in [4.78, 5) is 30.2. The lowest BCUT2D eigenvalue weighted by Gasteiger charge is -2.40. The second-order valence-corrected chi connectivity index (χ2v) is 12.2. The maximum absolute atomic E-state index is 13.6. The number of para-hydroxylation sites is 2. The fourth-order valence-corrected chi connectivity index (χ4v) is 6.97. The molecule has 2 aliphatic rings. The van der Waals surface area contributed by atoms with E-state index in [1.807, 2.05) is 45.5 Å².